The molecule has 6 heteroatoms. The van der Waals surface area contributed by atoms with Gasteiger partial charge in [0.25, 0.3) is 0 Å². The molecule has 0 amide bonds. The minimum absolute atomic E-state index is 0.127. The van der Waals surface area contributed by atoms with E-state index in [1.165, 1.54) is 0 Å². The Balaban J connectivity index is 2.70. The van der Waals surface area contributed by atoms with Crippen LogP contribution in [-0.4, -0.2) is 39.5 Å². The van der Waals surface area contributed by atoms with Gasteiger partial charge in [0.2, 0.25) is 0 Å². The van der Waals surface area contributed by atoms with Crippen LogP contribution in [0.15, 0.2) is 18.2 Å². The Hall–Kier alpha value is -1.38. The van der Waals surface area contributed by atoms with Gasteiger partial charge in [-0.3, -0.25) is 0 Å². The highest BCUT2D eigenvalue weighted by Gasteiger charge is 2.08. The smallest absolute Gasteiger partial charge is 0.150 e. The molecule has 0 radical (unpaired) electrons. The Bertz CT molecular complexity index is 614. The molecule has 0 saturated heterocycles. The first-order chi connectivity index (χ1) is 10.0. The molecular formula is C15H19ClO4S. The molecule has 0 saturated carbocycles. The molecule has 0 atom stereocenters. The number of ether oxygens (including phenoxy) is 2. The summed E-state index contributed by atoms with van der Waals surface area (Å²) < 4.78 is 33.5. The maximum atomic E-state index is 11.4. The summed E-state index contributed by atoms with van der Waals surface area (Å²) in [4.78, 5) is 0. The summed E-state index contributed by atoms with van der Waals surface area (Å²) in [6.07, 6.45) is 0.449. The van der Waals surface area contributed by atoms with Crippen molar-refractivity contribution in [2.45, 2.75) is 13.3 Å². The number of methoxy groups -OCH3 is 1. The van der Waals surface area contributed by atoms with Crippen molar-refractivity contribution in [1.82, 2.24) is 0 Å². The minimum Gasteiger partial charge on any atom is -0.497 e. The summed E-state index contributed by atoms with van der Waals surface area (Å²) in [6, 6.07) is 5.28. The van der Waals surface area contributed by atoms with Crippen LogP contribution in [0.4, 0.5) is 0 Å². The lowest BCUT2D eigenvalue weighted by Crippen LogP contribution is -2.12. The third-order valence-corrected chi connectivity index (χ3v) is 4.70. The maximum Gasteiger partial charge on any atom is 0.150 e. The van der Waals surface area contributed by atoms with Gasteiger partial charge < -0.3 is 9.47 Å². The average Bonchev–Trinajstić information content (AvgIpc) is 2.50. The van der Waals surface area contributed by atoms with Gasteiger partial charge in [0.05, 0.1) is 30.9 Å². The van der Waals surface area contributed by atoms with Crippen molar-refractivity contribution in [1.29, 1.82) is 0 Å². The van der Waals surface area contributed by atoms with Crippen LogP contribution in [-0.2, 0) is 9.84 Å². The third-order valence-electron chi connectivity index (χ3n) is 2.77. The van der Waals surface area contributed by atoms with E-state index < -0.39 is 9.84 Å². The zero-order valence-corrected chi connectivity index (χ0v) is 13.8. The standard InChI is InChI=1S/C15H19ClO4S/c1-3-21(17,18)11-5-10-20-15-8-7-14(19-2)12-13(15)6-4-9-16/h7-8,12H,3,5,9-11H2,1-2H3. The van der Waals surface area contributed by atoms with Gasteiger partial charge in [0.15, 0.2) is 0 Å². The highest BCUT2D eigenvalue weighted by molar-refractivity contribution is 7.91. The van der Waals surface area contributed by atoms with Crippen LogP contribution in [0.2, 0.25) is 0 Å². The normalized spacial score (nSPS) is 10.6. The quantitative estimate of drug-likeness (QED) is 0.438. The van der Waals surface area contributed by atoms with Gasteiger partial charge in [0.1, 0.15) is 21.3 Å². The molecule has 116 valence electrons. The number of alkyl halides is 1. The Labute approximate surface area is 131 Å². The maximum absolute atomic E-state index is 11.4. The lowest BCUT2D eigenvalue weighted by molar-refractivity contribution is 0.316. The molecule has 0 bridgehead atoms. The number of halogens is 1. The number of rotatable bonds is 7. The molecule has 0 aliphatic carbocycles. The molecule has 0 fully saturated rings. The number of hydrogen-bond donors (Lipinski definition) is 0. The summed E-state index contributed by atoms with van der Waals surface area (Å²) in [5.41, 5.74) is 0.674. The first kappa shape index (κ1) is 17.7. The molecule has 0 spiro atoms. The second-order valence-corrected chi connectivity index (χ2v) is 6.98. The van der Waals surface area contributed by atoms with E-state index in [9.17, 15) is 8.42 Å². The topological polar surface area (TPSA) is 52.6 Å². The van der Waals surface area contributed by atoms with Crippen molar-refractivity contribution in [2.24, 2.45) is 0 Å². The van der Waals surface area contributed by atoms with E-state index in [1.54, 1.807) is 32.2 Å². The molecule has 1 aromatic rings. The zero-order chi connectivity index (χ0) is 15.7. The van der Waals surface area contributed by atoms with Gasteiger partial charge in [-0.2, -0.15) is 0 Å². The summed E-state index contributed by atoms with van der Waals surface area (Å²) in [7, 11) is -1.38. The fourth-order valence-electron chi connectivity index (χ4n) is 1.59. The van der Waals surface area contributed by atoms with Crippen LogP contribution in [0.5, 0.6) is 11.5 Å². The summed E-state index contributed by atoms with van der Waals surface area (Å²) >= 11 is 5.56. The van der Waals surface area contributed by atoms with Crippen LogP contribution in [0.1, 0.15) is 18.9 Å². The first-order valence-corrected chi connectivity index (χ1v) is 8.94. The van der Waals surface area contributed by atoms with Crippen LogP contribution in [0, 0.1) is 11.8 Å². The number of benzene rings is 1. The van der Waals surface area contributed by atoms with Crippen molar-refractivity contribution in [3.8, 4) is 23.3 Å². The van der Waals surface area contributed by atoms with Crippen LogP contribution >= 0.6 is 11.6 Å². The van der Waals surface area contributed by atoms with Gasteiger partial charge >= 0.3 is 0 Å². The van der Waals surface area contributed by atoms with Crippen molar-refractivity contribution < 1.29 is 17.9 Å². The van der Waals surface area contributed by atoms with Crippen LogP contribution in [0.3, 0.4) is 0 Å². The second kappa shape index (κ2) is 8.81. The van der Waals surface area contributed by atoms with Gasteiger partial charge in [-0.25, -0.2) is 8.42 Å². The van der Waals surface area contributed by atoms with E-state index in [2.05, 4.69) is 11.8 Å². The highest BCUT2D eigenvalue weighted by atomic mass is 35.5. The van der Waals surface area contributed by atoms with E-state index in [0.717, 1.165) is 0 Å². The van der Waals surface area contributed by atoms with Crippen molar-refractivity contribution >= 4 is 21.4 Å². The van der Waals surface area contributed by atoms with Crippen molar-refractivity contribution in [2.75, 3.05) is 31.1 Å². The van der Waals surface area contributed by atoms with Crippen LogP contribution in [0.25, 0.3) is 0 Å². The van der Waals surface area contributed by atoms with Gasteiger partial charge in [-0.15, -0.1) is 11.6 Å². The molecule has 0 heterocycles. The average molecular weight is 331 g/mol. The lowest BCUT2D eigenvalue weighted by Gasteiger charge is -2.09. The minimum atomic E-state index is -2.95. The molecule has 1 aromatic carbocycles. The first-order valence-electron chi connectivity index (χ1n) is 6.58. The lowest BCUT2D eigenvalue weighted by atomic mass is 10.2. The summed E-state index contributed by atoms with van der Waals surface area (Å²) in [6.45, 7) is 1.96. The Morgan fingerprint density at radius 1 is 1.33 bits per heavy atom. The third kappa shape index (κ3) is 6.28. The fourth-order valence-corrected chi connectivity index (χ4v) is 2.51. The Kier molecular flexibility index (Phi) is 7.41. The van der Waals surface area contributed by atoms with Crippen LogP contribution < -0.4 is 9.47 Å². The molecule has 1 rings (SSSR count). The Morgan fingerprint density at radius 2 is 2.10 bits per heavy atom. The highest BCUT2D eigenvalue weighted by Crippen LogP contribution is 2.23. The zero-order valence-electron chi connectivity index (χ0n) is 12.2. The summed E-state index contributed by atoms with van der Waals surface area (Å²) in [5.74, 6) is 7.45. The predicted molar refractivity (Wildman–Crippen MR) is 85.0 cm³/mol. The Morgan fingerprint density at radius 3 is 2.71 bits per heavy atom. The molecule has 0 N–H and O–H groups in total. The van der Waals surface area contributed by atoms with E-state index in [1.807, 2.05) is 0 Å². The largest absolute Gasteiger partial charge is 0.497 e. The van der Waals surface area contributed by atoms with E-state index >= 15 is 0 Å². The van der Waals surface area contributed by atoms with E-state index in [-0.39, 0.29) is 17.4 Å². The fraction of sp³-hybridized carbons (Fsp3) is 0.467. The number of hydrogen-bond acceptors (Lipinski definition) is 4. The SMILES string of the molecule is CCS(=O)(=O)CCCOc1ccc(OC)cc1C#CCCl. The van der Waals surface area contributed by atoms with Gasteiger partial charge in [-0.1, -0.05) is 18.8 Å². The number of sulfone groups is 1. The molecule has 0 aliphatic rings. The molecular weight excluding hydrogens is 312 g/mol. The van der Waals surface area contributed by atoms with Crippen molar-refractivity contribution in [3.05, 3.63) is 23.8 Å². The van der Waals surface area contributed by atoms with Crippen molar-refractivity contribution in [3.63, 3.8) is 0 Å². The summed E-state index contributed by atoms with van der Waals surface area (Å²) in [5, 5.41) is 0. The van der Waals surface area contributed by atoms with E-state index in [0.29, 0.717) is 30.1 Å². The monoisotopic (exact) mass is 330 g/mol. The predicted octanol–water partition coefficient (Wildman–Crippen LogP) is 2.49. The molecule has 0 aliphatic heterocycles. The van der Waals surface area contributed by atoms with Gasteiger partial charge in [0, 0.05) is 5.75 Å². The second-order valence-electron chi connectivity index (χ2n) is 4.24. The molecule has 21 heavy (non-hydrogen) atoms. The molecule has 0 aromatic heterocycles. The van der Waals surface area contributed by atoms with E-state index in [4.69, 9.17) is 21.1 Å². The van der Waals surface area contributed by atoms with Gasteiger partial charge in [-0.05, 0) is 24.6 Å². The molecule has 4 nitrogen and oxygen atoms in total. The molecule has 0 unspecified atom stereocenters.